The van der Waals surface area contributed by atoms with Crippen LogP contribution >= 0.6 is 11.3 Å². The molecule has 3 N–H and O–H groups in total. The molecule has 8 heteroatoms. The minimum atomic E-state index is -0.618. The van der Waals surface area contributed by atoms with E-state index in [-0.39, 0.29) is 0 Å². The Kier molecular flexibility index (Phi) is 5.99. The number of nitrogens with two attached hydrogens (primary N) is 1. The van der Waals surface area contributed by atoms with Crippen LogP contribution in [0.5, 0.6) is 5.75 Å². The second-order valence-corrected chi connectivity index (χ2v) is 7.88. The van der Waals surface area contributed by atoms with Gasteiger partial charge in [-0.2, -0.15) is 0 Å². The molecule has 0 spiro atoms. The maximum atomic E-state index is 12.2. The Balaban J connectivity index is 1.64. The summed E-state index contributed by atoms with van der Waals surface area (Å²) in [5, 5.41) is 3.10. The molecule has 0 unspecified atom stereocenters. The first-order valence-electron chi connectivity index (χ1n) is 8.94. The van der Waals surface area contributed by atoms with Crippen LogP contribution in [0.4, 0.5) is 5.00 Å². The van der Waals surface area contributed by atoms with E-state index in [1.165, 1.54) is 18.4 Å². The van der Waals surface area contributed by atoms with Gasteiger partial charge >= 0.3 is 5.97 Å². The van der Waals surface area contributed by atoms with Crippen LogP contribution in [0.3, 0.4) is 0 Å². The number of methoxy groups -OCH3 is 1. The molecule has 1 heterocycles. The van der Waals surface area contributed by atoms with Crippen LogP contribution in [-0.4, -0.2) is 31.5 Å². The minimum Gasteiger partial charge on any atom is -0.497 e. The number of rotatable bonds is 6. The molecular weight excluding hydrogens is 380 g/mol. The van der Waals surface area contributed by atoms with Gasteiger partial charge < -0.3 is 20.5 Å². The Morgan fingerprint density at radius 1 is 1.25 bits per heavy atom. The lowest BCUT2D eigenvalue weighted by atomic mass is 9.88. The molecule has 1 aliphatic carbocycles. The zero-order valence-corrected chi connectivity index (χ0v) is 16.6. The monoisotopic (exact) mass is 402 g/mol. The predicted octanol–water partition coefficient (Wildman–Crippen LogP) is 2.78. The molecule has 0 radical (unpaired) electrons. The van der Waals surface area contributed by atoms with Crippen molar-refractivity contribution in [2.24, 2.45) is 11.7 Å². The van der Waals surface area contributed by atoms with E-state index >= 15 is 0 Å². The predicted molar refractivity (Wildman–Crippen MR) is 106 cm³/mol. The number of esters is 1. The van der Waals surface area contributed by atoms with Gasteiger partial charge in [0.15, 0.2) is 6.61 Å². The van der Waals surface area contributed by atoms with Gasteiger partial charge in [0, 0.05) is 4.88 Å². The van der Waals surface area contributed by atoms with Crippen LogP contribution in [-0.2, 0) is 22.4 Å². The van der Waals surface area contributed by atoms with Crippen LogP contribution in [0.2, 0.25) is 0 Å². The van der Waals surface area contributed by atoms with Gasteiger partial charge in [-0.25, -0.2) is 4.79 Å². The molecule has 0 fully saturated rings. The zero-order chi connectivity index (χ0) is 20.3. The summed E-state index contributed by atoms with van der Waals surface area (Å²) in [5.41, 5.74) is 7.16. The van der Waals surface area contributed by atoms with Crippen molar-refractivity contribution in [1.29, 1.82) is 0 Å². The number of primary amides is 1. The van der Waals surface area contributed by atoms with E-state index in [4.69, 9.17) is 15.2 Å². The number of hydrogen-bond acceptors (Lipinski definition) is 6. The number of benzene rings is 1. The fourth-order valence-electron chi connectivity index (χ4n) is 3.20. The molecule has 0 aliphatic heterocycles. The molecule has 2 amide bonds. The lowest BCUT2D eigenvalue weighted by Crippen LogP contribution is -2.23. The molecular formula is C20H22N2O5S. The summed E-state index contributed by atoms with van der Waals surface area (Å²) in [7, 11) is 1.53. The SMILES string of the molecule is COc1ccc(C(=O)OCC(=O)Nc2sc3c(c2C(N)=O)CC[C@@H](C)C3)cc1. The highest BCUT2D eigenvalue weighted by molar-refractivity contribution is 7.17. The van der Waals surface area contributed by atoms with Gasteiger partial charge in [-0.1, -0.05) is 6.92 Å². The number of ether oxygens (including phenoxy) is 2. The second kappa shape index (κ2) is 8.43. The lowest BCUT2D eigenvalue weighted by Gasteiger charge is -2.18. The molecule has 1 aromatic heterocycles. The van der Waals surface area contributed by atoms with E-state index in [9.17, 15) is 14.4 Å². The van der Waals surface area contributed by atoms with Gasteiger partial charge in [-0.15, -0.1) is 11.3 Å². The topological polar surface area (TPSA) is 108 Å². The van der Waals surface area contributed by atoms with Crippen LogP contribution in [0.1, 0.15) is 44.5 Å². The highest BCUT2D eigenvalue weighted by Crippen LogP contribution is 2.39. The number of carbonyl (C=O) groups excluding carboxylic acids is 3. The van der Waals surface area contributed by atoms with Crippen molar-refractivity contribution in [3.63, 3.8) is 0 Å². The molecule has 148 valence electrons. The van der Waals surface area contributed by atoms with Gasteiger partial charge in [0.1, 0.15) is 10.8 Å². The number of hydrogen-bond donors (Lipinski definition) is 2. The molecule has 1 aromatic carbocycles. The summed E-state index contributed by atoms with van der Waals surface area (Å²) in [5.74, 6) is -0.550. The summed E-state index contributed by atoms with van der Waals surface area (Å²) in [6.45, 7) is 1.70. The summed E-state index contributed by atoms with van der Waals surface area (Å²) in [4.78, 5) is 37.3. The maximum Gasteiger partial charge on any atom is 0.338 e. The quantitative estimate of drug-likeness (QED) is 0.723. The molecule has 0 bridgehead atoms. The van der Waals surface area contributed by atoms with Crippen molar-refractivity contribution in [1.82, 2.24) is 0 Å². The van der Waals surface area contributed by atoms with Crippen molar-refractivity contribution in [2.75, 3.05) is 19.0 Å². The molecule has 3 rings (SSSR count). The maximum absolute atomic E-state index is 12.2. The average molecular weight is 402 g/mol. The Morgan fingerprint density at radius 2 is 1.96 bits per heavy atom. The number of anilines is 1. The van der Waals surface area contributed by atoms with Gasteiger partial charge in [0.05, 0.1) is 18.2 Å². The summed E-state index contributed by atoms with van der Waals surface area (Å²) in [6, 6.07) is 6.37. The number of fused-ring (bicyclic) bond motifs is 1. The first kappa shape index (κ1) is 19.9. The van der Waals surface area contributed by atoms with Crippen LogP contribution in [0.15, 0.2) is 24.3 Å². The normalized spacial score (nSPS) is 15.4. The van der Waals surface area contributed by atoms with E-state index < -0.39 is 24.4 Å². The van der Waals surface area contributed by atoms with Crippen molar-refractivity contribution < 1.29 is 23.9 Å². The van der Waals surface area contributed by atoms with E-state index in [1.807, 2.05) is 0 Å². The van der Waals surface area contributed by atoms with Gasteiger partial charge in [0.25, 0.3) is 11.8 Å². The number of nitrogens with one attached hydrogen (secondary N) is 1. The van der Waals surface area contributed by atoms with Gasteiger partial charge in [0.2, 0.25) is 0 Å². The summed E-state index contributed by atoms with van der Waals surface area (Å²) >= 11 is 1.37. The Labute approximate surface area is 166 Å². The molecule has 0 saturated carbocycles. The number of carbonyl (C=O) groups is 3. The molecule has 2 aromatic rings. The highest BCUT2D eigenvalue weighted by Gasteiger charge is 2.27. The van der Waals surface area contributed by atoms with Crippen molar-refractivity contribution in [3.05, 3.63) is 45.8 Å². The Morgan fingerprint density at radius 3 is 2.61 bits per heavy atom. The van der Waals surface area contributed by atoms with Gasteiger partial charge in [-0.3, -0.25) is 9.59 Å². The fraction of sp³-hybridized carbons (Fsp3) is 0.350. The summed E-state index contributed by atoms with van der Waals surface area (Å²) < 4.78 is 10.1. The highest BCUT2D eigenvalue weighted by atomic mass is 32.1. The third-order valence-electron chi connectivity index (χ3n) is 4.67. The first-order valence-corrected chi connectivity index (χ1v) is 9.76. The summed E-state index contributed by atoms with van der Waals surface area (Å²) in [6.07, 6.45) is 2.62. The van der Waals surface area contributed by atoms with E-state index in [0.29, 0.717) is 27.8 Å². The Hall–Kier alpha value is -2.87. The largest absolute Gasteiger partial charge is 0.497 e. The van der Waals surface area contributed by atoms with Crippen LogP contribution in [0, 0.1) is 5.92 Å². The molecule has 0 saturated heterocycles. The van der Waals surface area contributed by atoms with Crippen molar-refractivity contribution >= 4 is 34.1 Å². The van der Waals surface area contributed by atoms with Crippen molar-refractivity contribution in [3.8, 4) is 5.75 Å². The zero-order valence-electron chi connectivity index (χ0n) is 15.7. The molecule has 28 heavy (non-hydrogen) atoms. The third kappa shape index (κ3) is 4.33. The standard InChI is InChI=1S/C20H22N2O5S/c1-11-3-8-14-15(9-11)28-19(17(14)18(21)24)22-16(23)10-27-20(25)12-4-6-13(26-2)7-5-12/h4-7,11H,3,8-10H2,1-2H3,(H2,21,24)(H,22,23)/t11-/m1/s1. The average Bonchev–Trinajstić information content (AvgIpc) is 3.03. The molecule has 7 nitrogen and oxygen atoms in total. The minimum absolute atomic E-state index is 0.312. The lowest BCUT2D eigenvalue weighted by molar-refractivity contribution is -0.119. The van der Waals surface area contributed by atoms with Crippen molar-refractivity contribution in [2.45, 2.75) is 26.2 Å². The van der Waals surface area contributed by atoms with E-state index in [1.54, 1.807) is 24.3 Å². The molecule has 1 aliphatic rings. The number of thiophene rings is 1. The Bertz CT molecular complexity index is 904. The smallest absolute Gasteiger partial charge is 0.338 e. The first-order chi connectivity index (χ1) is 13.4. The third-order valence-corrected chi connectivity index (χ3v) is 5.84. The second-order valence-electron chi connectivity index (χ2n) is 6.77. The fourth-order valence-corrected chi connectivity index (χ4v) is 4.64. The van der Waals surface area contributed by atoms with E-state index in [0.717, 1.165) is 29.7 Å². The van der Waals surface area contributed by atoms with Crippen LogP contribution < -0.4 is 15.8 Å². The van der Waals surface area contributed by atoms with Crippen LogP contribution in [0.25, 0.3) is 0 Å². The van der Waals surface area contributed by atoms with E-state index in [2.05, 4.69) is 12.2 Å². The van der Waals surface area contributed by atoms with Gasteiger partial charge in [-0.05, 0) is 55.0 Å². The molecule has 1 atom stereocenters. The number of amides is 2.